The predicted octanol–water partition coefficient (Wildman–Crippen LogP) is 4.85. The molecular formula is C15H12BrF4N. The van der Waals surface area contributed by atoms with Gasteiger partial charge in [-0.15, -0.1) is 0 Å². The predicted molar refractivity (Wildman–Crippen MR) is 76.2 cm³/mol. The zero-order valence-corrected chi connectivity index (χ0v) is 12.4. The van der Waals surface area contributed by atoms with Crippen LogP contribution in [-0.2, 0) is 12.6 Å². The highest BCUT2D eigenvalue weighted by atomic mass is 79.9. The molecule has 0 heterocycles. The minimum atomic E-state index is -4.38. The maximum absolute atomic E-state index is 13.0. The van der Waals surface area contributed by atoms with Crippen molar-refractivity contribution in [3.05, 3.63) is 69.4 Å². The molecule has 6 heteroatoms. The summed E-state index contributed by atoms with van der Waals surface area (Å²) in [7, 11) is 0. The number of hydrogen-bond donors (Lipinski definition) is 1. The van der Waals surface area contributed by atoms with Gasteiger partial charge in [-0.3, -0.25) is 0 Å². The fourth-order valence-corrected chi connectivity index (χ4v) is 2.69. The summed E-state index contributed by atoms with van der Waals surface area (Å²) in [5.74, 6) is -0.406. The molecule has 0 fully saturated rings. The first-order valence-corrected chi connectivity index (χ1v) is 6.93. The molecule has 0 bridgehead atoms. The Kier molecular flexibility index (Phi) is 4.68. The van der Waals surface area contributed by atoms with Gasteiger partial charge in [-0.25, -0.2) is 4.39 Å². The summed E-state index contributed by atoms with van der Waals surface area (Å²) in [5, 5.41) is 0. The summed E-state index contributed by atoms with van der Waals surface area (Å²) >= 11 is 3.21. The van der Waals surface area contributed by atoms with Crippen molar-refractivity contribution in [2.75, 3.05) is 0 Å². The van der Waals surface area contributed by atoms with Gasteiger partial charge < -0.3 is 5.73 Å². The Labute approximate surface area is 127 Å². The monoisotopic (exact) mass is 361 g/mol. The van der Waals surface area contributed by atoms with Gasteiger partial charge in [0.25, 0.3) is 0 Å². The zero-order chi connectivity index (χ0) is 15.6. The molecule has 1 atom stereocenters. The maximum atomic E-state index is 13.0. The van der Waals surface area contributed by atoms with Crippen LogP contribution in [0.3, 0.4) is 0 Å². The van der Waals surface area contributed by atoms with Crippen LogP contribution in [0.25, 0.3) is 0 Å². The van der Waals surface area contributed by atoms with E-state index < -0.39 is 23.6 Å². The number of nitrogens with two attached hydrogens (primary N) is 1. The lowest BCUT2D eigenvalue weighted by molar-refractivity contribution is -0.137. The lowest BCUT2D eigenvalue weighted by Crippen LogP contribution is -2.15. The Hall–Kier alpha value is -1.40. The number of hydrogen-bond acceptors (Lipinski definition) is 1. The Bertz CT molecular complexity index is 640. The van der Waals surface area contributed by atoms with Gasteiger partial charge in [-0.1, -0.05) is 40.2 Å². The SMILES string of the molecule is NC(Cc1cccc(C(F)(F)F)c1)c1ccc(F)cc1Br. The second kappa shape index (κ2) is 6.15. The topological polar surface area (TPSA) is 26.0 Å². The van der Waals surface area contributed by atoms with E-state index in [0.29, 0.717) is 15.6 Å². The fourth-order valence-electron chi connectivity index (χ4n) is 2.04. The van der Waals surface area contributed by atoms with E-state index in [0.717, 1.165) is 12.1 Å². The Morgan fingerprint density at radius 2 is 1.81 bits per heavy atom. The standard InChI is InChI=1S/C15H12BrF4N/c16-13-8-11(17)4-5-12(13)14(21)7-9-2-1-3-10(6-9)15(18,19)20/h1-6,8,14H,7,21H2. The van der Waals surface area contributed by atoms with Crippen LogP contribution in [0.5, 0.6) is 0 Å². The summed E-state index contributed by atoms with van der Waals surface area (Å²) in [6.07, 6.45) is -4.15. The molecule has 0 saturated carbocycles. The Morgan fingerprint density at radius 1 is 1.10 bits per heavy atom. The molecule has 1 unspecified atom stereocenters. The molecule has 2 aromatic rings. The van der Waals surface area contributed by atoms with Gasteiger partial charge in [0.1, 0.15) is 5.82 Å². The molecule has 2 N–H and O–H groups in total. The van der Waals surface area contributed by atoms with Crippen LogP contribution >= 0.6 is 15.9 Å². The number of halogens is 5. The smallest absolute Gasteiger partial charge is 0.324 e. The van der Waals surface area contributed by atoms with E-state index in [4.69, 9.17) is 5.73 Å². The summed E-state index contributed by atoms with van der Waals surface area (Å²) in [4.78, 5) is 0. The van der Waals surface area contributed by atoms with E-state index in [9.17, 15) is 17.6 Å². The normalized spacial score (nSPS) is 13.2. The molecule has 0 aromatic heterocycles. The average Bonchev–Trinajstić information content (AvgIpc) is 2.37. The molecule has 0 aliphatic heterocycles. The first-order chi connectivity index (χ1) is 9.77. The molecule has 1 nitrogen and oxygen atoms in total. The van der Waals surface area contributed by atoms with Crippen LogP contribution in [-0.4, -0.2) is 0 Å². The lowest BCUT2D eigenvalue weighted by atomic mass is 9.98. The molecule has 0 aliphatic rings. The van der Waals surface area contributed by atoms with E-state index >= 15 is 0 Å². The minimum absolute atomic E-state index is 0.230. The van der Waals surface area contributed by atoms with Gasteiger partial charge in [0.2, 0.25) is 0 Å². The Morgan fingerprint density at radius 3 is 2.43 bits per heavy atom. The summed E-state index contributed by atoms with van der Waals surface area (Å²) in [6, 6.07) is 8.59. The molecule has 21 heavy (non-hydrogen) atoms. The van der Waals surface area contributed by atoms with Gasteiger partial charge in [0, 0.05) is 10.5 Å². The Balaban J connectivity index is 2.21. The van der Waals surface area contributed by atoms with E-state index in [1.807, 2.05) is 0 Å². The number of alkyl halides is 3. The van der Waals surface area contributed by atoms with Crippen LogP contribution in [0.2, 0.25) is 0 Å². The molecular weight excluding hydrogens is 350 g/mol. The second-order valence-electron chi connectivity index (χ2n) is 4.67. The van der Waals surface area contributed by atoms with E-state index in [1.54, 1.807) is 6.07 Å². The van der Waals surface area contributed by atoms with Crippen molar-refractivity contribution in [1.29, 1.82) is 0 Å². The van der Waals surface area contributed by atoms with Crippen LogP contribution < -0.4 is 5.73 Å². The maximum Gasteiger partial charge on any atom is 0.416 e. The van der Waals surface area contributed by atoms with Crippen LogP contribution in [0, 0.1) is 5.82 Å². The molecule has 0 radical (unpaired) electrons. The summed E-state index contributed by atoms with van der Waals surface area (Å²) < 4.78 is 51.5. The van der Waals surface area contributed by atoms with Gasteiger partial charge in [0.05, 0.1) is 5.56 Å². The lowest BCUT2D eigenvalue weighted by Gasteiger charge is -2.15. The molecule has 2 aromatic carbocycles. The van der Waals surface area contributed by atoms with Crippen molar-refractivity contribution in [2.45, 2.75) is 18.6 Å². The van der Waals surface area contributed by atoms with Crippen molar-refractivity contribution < 1.29 is 17.6 Å². The van der Waals surface area contributed by atoms with E-state index in [1.165, 1.54) is 24.3 Å². The summed E-state index contributed by atoms with van der Waals surface area (Å²) in [6.45, 7) is 0. The summed E-state index contributed by atoms with van der Waals surface area (Å²) in [5.41, 5.74) is 6.43. The van der Waals surface area contributed by atoms with Crippen molar-refractivity contribution in [2.24, 2.45) is 5.73 Å². The first-order valence-electron chi connectivity index (χ1n) is 6.14. The minimum Gasteiger partial charge on any atom is -0.324 e. The fraction of sp³-hybridized carbons (Fsp3) is 0.200. The number of rotatable bonds is 3. The quantitative estimate of drug-likeness (QED) is 0.777. The third kappa shape index (κ3) is 4.04. The number of benzene rings is 2. The highest BCUT2D eigenvalue weighted by molar-refractivity contribution is 9.10. The highest BCUT2D eigenvalue weighted by Gasteiger charge is 2.30. The average molecular weight is 362 g/mol. The second-order valence-corrected chi connectivity index (χ2v) is 5.53. The molecule has 112 valence electrons. The first kappa shape index (κ1) is 16.0. The highest BCUT2D eigenvalue weighted by Crippen LogP contribution is 2.31. The van der Waals surface area contributed by atoms with Gasteiger partial charge >= 0.3 is 6.18 Å². The molecule has 0 saturated heterocycles. The largest absolute Gasteiger partial charge is 0.416 e. The van der Waals surface area contributed by atoms with Crippen LogP contribution in [0.4, 0.5) is 17.6 Å². The molecule has 0 spiro atoms. The van der Waals surface area contributed by atoms with E-state index in [2.05, 4.69) is 15.9 Å². The molecule has 0 aliphatic carbocycles. The van der Waals surface area contributed by atoms with E-state index in [-0.39, 0.29) is 6.42 Å². The zero-order valence-electron chi connectivity index (χ0n) is 10.8. The third-order valence-electron chi connectivity index (χ3n) is 3.07. The van der Waals surface area contributed by atoms with Crippen molar-refractivity contribution in [3.63, 3.8) is 0 Å². The van der Waals surface area contributed by atoms with Crippen LogP contribution in [0.1, 0.15) is 22.7 Å². The van der Waals surface area contributed by atoms with Gasteiger partial charge in [-0.2, -0.15) is 13.2 Å². The van der Waals surface area contributed by atoms with Crippen LogP contribution in [0.15, 0.2) is 46.9 Å². The van der Waals surface area contributed by atoms with Gasteiger partial charge in [0.15, 0.2) is 0 Å². The third-order valence-corrected chi connectivity index (χ3v) is 3.76. The molecule has 2 rings (SSSR count). The molecule has 0 amide bonds. The van der Waals surface area contributed by atoms with Crippen molar-refractivity contribution in [3.8, 4) is 0 Å². The van der Waals surface area contributed by atoms with Crippen molar-refractivity contribution in [1.82, 2.24) is 0 Å². The van der Waals surface area contributed by atoms with Gasteiger partial charge in [-0.05, 0) is 35.7 Å². The van der Waals surface area contributed by atoms with Crippen molar-refractivity contribution >= 4 is 15.9 Å².